The Balaban J connectivity index is 1.88. The monoisotopic (exact) mass is 364 g/mol. The molecule has 0 spiro atoms. The molecule has 1 amide bonds. The maximum absolute atomic E-state index is 13.8. The third kappa shape index (κ3) is 2.91. The number of thiophene rings is 1. The zero-order chi connectivity index (χ0) is 14.8. The number of halogens is 2. The number of hydrogen-bond donors (Lipinski definition) is 1. The van der Waals surface area contributed by atoms with Crippen molar-refractivity contribution in [2.45, 2.75) is 0 Å². The van der Waals surface area contributed by atoms with Crippen molar-refractivity contribution in [1.29, 1.82) is 0 Å². The zero-order valence-corrected chi connectivity index (χ0v) is 13.1. The van der Waals surface area contributed by atoms with Crippen LogP contribution in [0.4, 0.5) is 10.1 Å². The van der Waals surface area contributed by atoms with E-state index >= 15 is 0 Å². The van der Waals surface area contributed by atoms with Gasteiger partial charge in [0.05, 0.1) is 11.4 Å². The minimum absolute atomic E-state index is 0.162. The van der Waals surface area contributed by atoms with Gasteiger partial charge in [-0.2, -0.15) is 0 Å². The molecule has 1 N–H and O–H groups in total. The number of carbonyl (C=O) groups is 1. The molecule has 0 saturated carbocycles. The van der Waals surface area contributed by atoms with Crippen LogP contribution in [0.3, 0.4) is 0 Å². The Labute approximate surface area is 133 Å². The van der Waals surface area contributed by atoms with E-state index in [2.05, 4.69) is 21.2 Å². The van der Waals surface area contributed by atoms with Gasteiger partial charge < -0.3 is 9.88 Å². The molecule has 0 aliphatic carbocycles. The second-order valence-electron chi connectivity index (χ2n) is 4.30. The number of anilines is 1. The van der Waals surface area contributed by atoms with Crippen LogP contribution in [0, 0.1) is 5.82 Å². The fourth-order valence-electron chi connectivity index (χ4n) is 1.94. The highest BCUT2D eigenvalue weighted by molar-refractivity contribution is 9.10. The first kappa shape index (κ1) is 14.0. The summed E-state index contributed by atoms with van der Waals surface area (Å²) in [4.78, 5) is 12.9. The molecule has 3 nitrogen and oxygen atoms in total. The Hall–Kier alpha value is -1.92. The summed E-state index contributed by atoms with van der Waals surface area (Å²) in [6.07, 6.45) is 3.72. The molecule has 0 bridgehead atoms. The predicted octanol–water partition coefficient (Wildman–Crippen LogP) is 4.69. The van der Waals surface area contributed by atoms with Gasteiger partial charge in [0.2, 0.25) is 0 Å². The lowest BCUT2D eigenvalue weighted by Gasteiger charge is -2.08. The molecule has 3 aromatic rings. The van der Waals surface area contributed by atoms with Gasteiger partial charge in [-0.05, 0) is 41.8 Å². The quantitative estimate of drug-likeness (QED) is 0.718. The van der Waals surface area contributed by atoms with Gasteiger partial charge in [0.15, 0.2) is 0 Å². The summed E-state index contributed by atoms with van der Waals surface area (Å²) in [6, 6.07) is 10.1. The van der Waals surface area contributed by atoms with E-state index < -0.39 is 5.82 Å². The number of amides is 1. The van der Waals surface area contributed by atoms with Crippen molar-refractivity contribution in [1.82, 2.24) is 4.57 Å². The fourth-order valence-corrected chi connectivity index (χ4v) is 3.06. The van der Waals surface area contributed by atoms with Crippen LogP contribution in [0.1, 0.15) is 9.67 Å². The van der Waals surface area contributed by atoms with Crippen LogP contribution < -0.4 is 5.32 Å². The molecule has 0 aliphatic rings. The first-order valence-electron chi connectivity index (χ1n) is 6.12. The predicted molar refractivity (Wildman–Crippen MR) is 85.7 cm³/mol. The van der Waals surface area contributed by atoms with Gasteiger partial charge in [-0.1, -0.05) is 15.9 Å². The van der Waals surface area contributed by atoms with E-state index in [1.165, 1.54) is 23.5 Å². The Morgan fingerprint density at radius 1 is 1.24 bits per heavy atom. The summed E-state index contributed by atoms with van der Waals surface area (Å²) in [6.45, 7) is 0. The van der Waals surface area contributed by atoms with Crippen molar-refractivity contribution in [2.24, 2.45) is 0 Å². The second kappa shape index (κ2) is 5.83. The topological polar surface area (TPSA) is 34.0 Å². The van der Waals surface area contributed by atoms with Crippen LogP contribution in [0.5, 0.6) is 0 Å². The molecule has 1 aromatic carbocycles. The van der Waals surface area contributed by atoms with Crippen LogP contribution in [0.2, 0.25) is 0 Å². The second-order valence-corrected chi connectivity index (χ2v) is 6.14. The molecule has 0 unspecified atom stereocenters. The minimum atomic E-state index is -0.475. The Bertz CT molecular complexity index is 783. The molecular weight excluding hydrogens is 355 g/mol. The van der Waals surface area contributed by atoms with Crippen molar-refractivity contribution < 1.29 is 9.18 Å². The Kier molecular flexibility index (Phi) is 3.90. The van der Waals surface area contributed by atoms with E-state index in [-0.39, 0.29) is 11.6 Å². The lowest BCUT2D eigenvalue weighted by molar-refractivity contribution is 0.103. The van der Waals surface area contributed by atoms with Crippen molar-refractivity contribution in [3.8, 4) is 5.69 Å². The summed E-state index contributed by atoms with van der Waals surface area (Å²) in [7, 11) is 0. The normalized spacial score (nSPS) is 10.6. The average molecular weight is 365 g/mol. The van der Waals surface area contributed by atoms with E-state index in [0.29, 0.717) is 9.35 Å². The molecule has 2 heterocycles. The Morgan fingerprint density at radius 3 is 2.71 bits per heavy atom. The number of nitrogens with zero attached hydrogens (tertiary/aromatic N) is 1. The molecule has 0 aliphatic heterocycles. The molecule has 6 heteroatoms. The van der Waals surface area contributed by atoms with Gasteiger partial charge >= 0.3 is 0 Å². The van der Waals surface area contributed by atoms with E-state index in [4.69, 9.17) is 0 Å². The smallest absolute Gasteiger partial charge is 0.267 e. The molecule has 0 saturated heterocycles. The van der Waals surface area contributed by atoms with Gasteiger partial charge in [0.1, 0.15) is 10.7 Å². The summed E-state index contributed by atoms with van der Waals surface area (Å²) >= 11 is 4.50. The fraction of sp³-hybridized carbons (Fsp3) is 0. The first-order chi connectivity index (χ1) is 10.1. The van der Waals surface area contributed by atoms with Gasteiger partial charge in [0, 0.05) is 16.9 Å². The number of rotatable bonds is 3. The van der Waals surface area contributed by atoms with E-state index in [0.717, 1.165) is 5.69 Å². The maximum Gasteiger partial charge on any atom is 0.267 e. The molecule has 0 fully saturated rings. The van der Waals surface area contributed by atoms with Crippen LogP contribution >= 0.6 is 27.3 Å². The number of nitrogens with one attached hydrogen (secondary N) is 1. The first-order valence-corrected chi connectivity index (χ1v) is 7.79. The SMILES string of the molecule is O=C(Nc1ccc(Br)cc1F)c1sccc1-n1cccc1. The number of hydrogen-bond acceptors (Lipinski definition) is 2. The van der Waals surface area contributed by atoms with Crippen LogP contribution in [0.15, 0.2) is 58.6 Å². The minimum Gasteiger partial charge on any atom is -0.322 e. The highest BCUT2D eigenvalue weighted by Crippen LogP contribution is 2.24. The van der Waals surface area contributed by atoms with Gasteiger partial charge in [-0.25, -0.2) is 4.39 Å². The number of carbonyl (C=O) groups excluding carboxylic acids is 1. The molecule has 0 atom stereocenters. The molecular formula is C15H10BrFN2OS. The largest absolute Gasteiger partial charge is 0.322 e. The lowest BCUT2D eigenvalue weighted by Crippen LogP contribution is -2.13. The van der Waals surface area contributed by atoms with E-state index in [1.54, 1.807) is 6.07 Å². The molecule has 21 heavy (non-hydrogen) atoms. The maximum atomic E-state index is 13.8. The Morgan fingerprint density at radius 2 is 2.00 bits per heavy atom. The summed E-state index contributed by atoms with van der Waals surface area (Å²) in [5.41, 5.74) is 0.940. The van der Waals surface area contributed by atoms with Crippen LogP contribution in [-0.4, -0.2) is 10.5 Å². The van der Waals surface area contributed by atoms with Crippen LogP contribution in [-0.2, 0) is 0 Å². The van der Waals surface area contributed by atoms with Crippen LogP contribution in [0.25, 0.3) is 5.69 Å². The lowest BCUT2D eigenvalue weighted by atomic mass is 10.3. The van der Waals surface area contributed by atoms with Gasteiger partial charge in [-0.15, -0.1) is 11.3 Å². The van der Waals surface area contributed by atoms with E-state index in [1.807, 2.05) is 40.5 Å². The standard InChI is InChI=1S/C15H10BrFN2OS/c16-10-3-4-12(11(17)9-10)18-15(20)14-13(5-8-21-14)19-6-1-2-7-19/h1-9H,(H,18,20). The molecule has 106 valence electrons. The van der Waals surface area contributed by atoms with Crippen molar-refractivity contribution in [3.63, 3.8) is 0 Å². The average Bonchev–Trinajstić information content (AvgIpc) is 3.10. The van der Waals surface area contributed by atoms with E-state index in [9.17, 15) is 9.18 Å². The molecule has 3 rings (SSSR count). The molecule has 0 radical (unpaired) electrons. The highest BCUT2D eigenvalue weighted by atomic mass is 79.9. The zero-order valence-electron chi connectivity index (χ0n) is 10.7. The van der Waals surface area contributed by atoms with Crippen molar-refractivity contribution in [2.75, 3.05) is 5.32 Å². The molecule has 2 aromatic heterocycles. The van der Waals surface area contributed by atoms with Gasteiger partial charge in [0.25, 0.3) is 5.91 Å². The third-order valence-corrected chi connectivity index (χ3v) is 4.31. The summed E-state index contributed by atoms with van der Waals surface area (Å²) in [5, 5.41) is 4.44. The highest BCUT2D eigenvalue weighted by Gasteiger charge is 2.16. The third-order valence-electron chi connectivity index (χ3n) is 2.91. The van der Waals surface area contributed by atoms with Crippen molar-refractivity contribution >= 4 is 38.9 Å². The number of benzene rings is 1. The summed E-state index contributed by atoms with van der Waals surface area (Å²) < 4.78 is 16.3. The van der Waals surface area contributed by atoms with Crippen molar-refractivity contribution in [3.05, 3.63) is 69.3 Å². The summed E-state index contributed by atoms with van der Waals surface area (Å²) in [5.74, 6) is -0.799. The van der Waals surface area contributed by atoms with Gasteiger partial charge in [-0.3, -0.25) is 4.79 Å². The number of aromatic nitrogens is 1.